The molecule has 0 saturated heterocycles. The lowest BCUT2D eigenvalue weighted by Crippen LogP contribution is -2.52. The third-order valence-electron chi connectivity index (χ3n) is 2.69. The number of carboxylic acids is 1. The first-order valence-corrected chi connectivity index (χ1v) is 6.23. The van der Waals surface area contributed by atoms with Gasteiger partial charge >= 0.3 is 5.97 Å². The molecule has 0 aromatic rings. The van der Waals surface area contributed by atoms with Crippen LogP contribution in [0.1, 0.15) is 58.8 Å². The number of rotatable bonds is 10. The molecular formula is C12H26N2O2. The first-order valence-electron chi connectivity index (χ1n) is 6.23. The zero-order valence-corrected chi connectivity index (χ0v) is 10.6. The molecule has 0 aliphatic carbocycles. The molecule has 96 valence electrons. The minimum absolute atomic E-state index is 0.0666. The summed E-state index contributed by atoms with van der Waals surface area (Å²) in [6, 6.07) is 0. The molecule has 0 bridgehead atoms. The highest BCUT2D eigenvalue weighted by Gasteiger charge is 2.17. The van der Waals surface area contributed by atoms with E-state index in [2.05, 4.69) is 12.2 Å². The molecule has 0 saturated carbocycles. The molecule has 0 amide bonds. The first kappa shape index (κ1) is 15.4. The molecule has 0 heterocycles. The number of aliphatic carboxylic acids is 1. The molecular weight excluding hydrogens is 204 g/mol. The van der Waals surface area contributed by atoms with E-state index in [1.54, 1.807) is 0 Å². The summed E-state index contributed by atoms with van der Waals surface area (Å²) in [5.41, 5.74) is 5.38. The first-order chi connectivity index (χ1) is 7.48. The van der Waals surface area contributed by atoms with Gasteiger partial charge in [0.2, 0.25) is 0 Å². The monoisotopic (exact) mass is 230 g/mol. The molecule has 0 aliphatic rings. The highest BCUT2D eigenvalue weighted by atomic mass is 16.4. The van der Waals surface area contributed by atoms with E-state index >= 15 is 0 Å². The van der Waals surface area contributed by atoms with E-state index in [0.29, 0.717) is 0 Å². The number of hydrogen-bond acceptors (Lipinski definition) is 3. The zero-order chi connectivity index (χ0) is 12.4. The predicted octanol–water partition coefficient (Wildman–Crippen LogP) is 2.09. The lowest BCUT2D eigenvalue weighted by molar-refractivity contribution is -0.136. The predicted molar refractivity (Wildman–Crippen MR) is 66.2 cm³/mol. The van der Waals surface area contributed by atoms with E-state index in [1.807, 2.05) is 6.92 Å². The quantitative estimate of drug-likeness (QED) is 0.397. The molecule has 0 radical (unpaired) electrons. The number of hydrogen-bond donors (Lipinski definition) is 3. The van der Waals surface area contributed by atoms with Gasteiger partial charge in [-0.05, 0) is 13.3 Å². The molecule has 0 fully saturated rings. The third kappa shape index (κ3) is 9.93. The Morgan fingerprint density at radius 1 is 1.25 bits per heavy atom. The van der Waals surface area contributed by atoms with Crippen molar-refractivity contribution >= 4 is 5.97 Å². The maximum absolute atomic E-state index is 10.4. The molecule has 0 aromatic carbocycles. The van der Waals surface area contributed by atoms with Crippen molar-refractivity contribution in [3.63, 3.8) is 0 Å². The maximum atomic E-state index is 10.4. The summed E-state index contributed by atoms with van der Waals surface area (Å²) in [5, 5.41) is 11.4. The van der Waals surface area contributed by atoms with Crippen LogP contribution >= 0.6 is 0 Å². The fraction of sp³-hybridized carbons (Fsp3) is 0.917. The number of carbonyl (C=O) groups is 1. The largest absolute Gasteiger partial charge is 0.480 e. The number of carboxylic acid groups (broad SMARTS) is 1. The Labute approximate surface area is 98.6 Å². The van der Waals surface area contributed by atoms with Crippen LogP contribution in [0.15, 0.2) is 0 Å². The lowest BCUT2D eigenvalue weighted by atomic mass is 10.0. The SMILES string of the molecule is CCCCCCCCC(C)(N)NCC(=O)O. The van der Waals surface area contributed by atoms with Crippen molar-refractivity contribution in [2.24, 2.45) is 5.73 Å². The van der Waals surface area contributed by atoms with Crippen LogP contribution in [0.25, 0.3) is 0 Å². The second kappa shape index (κ2) is 8.53. The fourth-order valence-corrected chi connectivity index (χ4v) is 1.64. The van der Waals surface area contributed by atoms with Gasteiger partial charge in [0.25, 0.3) is 0 Å². The van der Waals surface area contributed by atoms with Gasteiger partial charge < -0.3 is 10.8 Å². The van der Waals surface area contributed by atoms with Crippen LogP contribution in [-0.2, 0) is 4.79 Å². The third-order valence-corrected chi connectivity index (χ3v) is 2.69. The molecule has 4 N–H and O–H groups in total. The van der Waals surface area contributed by atoms with Gasteiger partial charge in [-0.2, -0.15) is 0 Å². The summed E-state index contributed by atoms with van der Waals surface area (Å²) in [6.07, 6.45) is 8.17. The average molecular weight is 230 g/mol. The van der Waals surface area contributed by atoms with Crippen LogP contribution in [0.2, 0.25) is 0 Å². The fourth-order valence-electron chi connectivity index (χ4n) is 1.64. The molecule has 0 spiro atoms. The van der Waals surface area contributed by atoms with E-state index in [-0.39, 0.29) is 6.54 Å². The minimum Gasteiger partial charge on any atom is -0.480 e. The highest BCUT2D eigenvalue weighted by Crippen LogP contribution is 2.11. The molecule has 0 rings (SSSR count). The summed E-state index contributed by atoms with van der Waals surface area (Å²) in [6.45, 7) is 3.98. The van der Waals surface area contributed by atoms with Gasteiger partial charge in [0.1, 0.15) is 0 Å². The van der Waals surface area contributed by atoms with Gasteiger partial charge in [0.05, 0.1) is 12.2 Å². The second-order valence-corrected chi connectivity index (χ2v) is 4.68. The van der Waals surface area contributed by atoms with Crippen molar-refractivity contribution in [1.29, 1.82) is 0 Å². The second-order valence-electron chi connectivity index (χ2n) is 4.68. The van der Waals surface area contributed by atoms with Gasteiger partial charge in [-0.1, -0.05) is 45.4 Å². The molecule has 1 atom stereocenters. The van der Waals surface area contributed by atoms with Gasteiger partial charge in [0.15, 0.2) is 0 Å². The Morgan fingerprint density at radius 3 is 2.38 bits per heavy atom. The van der Waals surface area contributed by atoms with Crippen molar-refractivity contribution in [2.45, 2.75) is 64.5 Å². The summed E-state index contributed by atoms with van der Waals surface area (Å²) in [4.78, 5) is 10.4. The Bertz CT molecular complexity index is 193. The van der Waals surface area contributed by atoms with E-state index in [9.17, 15) is 4.79 Å². The minimum atomic E-state index is -0.861. The number of unbranched alkanes of at least 4 members (excludes halogenated alkanes) is 5. The number of nitrogens with two attached hydrogens (primary N) is 1. The summed E-state index contributed by atoms with van der Waals surface area (Å²) in [7, 11) is 0. The van der Waals surface area contributed by atoms with Crippen molar-refractivity contribution < 1.29 is 9.90 Å². The number of nitrogens with one attached hydrogen (secondary N) is 1. The van der Waals surface area contributed by atoms with Crippen LogP contribution in [0.4, 0.5) is 0 Å². The van der Waals surface area contributed by atoms with Crippen molar-refractivity contribution in [3.8, 4) is 0 Å². The standard InChI is InChI=1S/C12H26N2O2/c1-3-4-5-6-7-8-9-12(2,13)14-10-11(15)16/h14H,3-10,13H2,1-2H3,(H,15,16). The molecule has 4 nitrogen and oxygen atoms in total. The van der Waals surface area contributed by atoms with Gasteiger partial charge in [-0.15, -0.1) is 0 Å². The Hall–Kier alpha value is -0.610. The van der Waals surface area contributed by atoms with Crippen LogP contribution in [0.5, 0.6) is 0 Å². The topological polar surface area (TPSA) is 75.3 Å². The zero-order valence-electron chi connectivity index (χ0n) is 10.6. The van der Waals surface area contributed by atoms with Crippen LogP contribution in [-0.4, -0.2) is 23.3 Å². The summed E-state index contributed by atoms with van der Waals surface area (Å²) >= 11 is 0. The summed E-state index contributed by atoms with van der Waals surface area (Å²) in [5.74, 6) is -0.861. The Kier molecular flexibility index (Phi) is 8.21. The van der Waals surface area contributed by atoms with Gasteiger partial charge in [-0.25, -0.2) is 0 Å². The van der Waals surface area contributed by atoms with Crippen molar-refractivity contribution in [2.75, 3.05) is 6.54 Å². The van der Waals surface area contributed by atoms with E-state index < -0.39 is 11.6 Å². The van der Waals surface area contributed by atoms with Crippen LogP contribution in [0.3, 0.4) is 0 Å². The molecule has 4 heteroatoms. The van der Waals surface area contributed by atoms with Crippen LogP contribution < -0.4 is 11.1 Å². The van der Waals surface area contributed by atoms with Crippen molar-refractivity contribution in [3.05, 3.63) is 0 Å². The van der Waals surface area contributed by atoms with Gasteiger partial charge in [-0.3, -0.25) is 10.1 Å². The van der Waals surface area contributed by atoms with Crippen LogP contribution in [0, 0.1) is 0 Å². The van der Waals surface area contributed by atoms with Gasteiger partial charge in [0, 0.05) is 0 Å². The van der Waals surface area contributed by atoms with E-state index in [0.717, 1.165) is 12.8 Å². The molecule has 0 aliphatic heterocycles. The van der Waals surface area contributed by atoms with E-state index in [4.69, 9.17) is 10.8 Å². The van der Waals surface area contributed by atoms with Crippen molar-refractivity contribution in [1.82, 2.24) is 5.32 Å². The maximum Gasteiger partial charge on any atom is 0.317 e. The molecule has 0 aromatic heterocycles. The molecule has 1 unspecified atom stereocenters. The highest BCUT2D eigenvalue weighted by molar-refractivity contribution is 5.69. The Balaban J connectivity index is 3.46. The normalized spacial score (nSPS) is 14.7. The lowest BCUT2D eigenvalue weighted by Gasteiger charge is -2.25. The Morgan fingerprint density at radius 2 is 1.81 bits per heavy atom. The average Bonchev–Trinajstić information content (AvgIpc) is 2.21. The summed E-state index contributed by atoms with van der Waals surface area (Å²) < 4.78 is 0. The van der Waals surface area contributed by atoms with E-state index in [1.165, 1.54) is 32.1 Å². The molecule has 16 heavy (non-hydrogen) atoms. The smallest absolute Gasteiger partial charge is 0.317 e.